The summed E-state index contributed by atoms with van der Waals surface area (Å²) in [7, 11) is 0. The van der Waals surface area contributed by atoms with E-state index in [2.05, 4.69) is 20.3 Å². The highest BCUT2D eigenvalue weighted by Crippen LogP contribution is 2.15. The first-order valence-electron chi connectivity index (χ1n) is 7.26. The van der Waals surface area contributed by atoms with Crippen molar-refractivity contribution in [3.8, 4) is 0 Å². The van der Waals surface area contributed by atoms with E-state index >= 15 is 0 Å². The predicted octanol–water partition coefficient (Wildman–Crippen LogP) is 1.70. The minimum Gasteiger partial charge on any atom is -0.382 e. The third-order valence-corrected chi connectivity index (χ3v) is 3.14. The molecule has 0 bridgehead atoms. The Bertz CT molecular complexity index is 605. The molecule has 0 aliphatic carbocycles. The summed E-state index contributed by atoms with van der Waals surface area (Å²) in [5.41, 5.74) is 8.99. The van der Waals surface area contributed by atoms with Crippen LogP contribution in [0.4, 0.5) is 0 Å². The number of nitrogens with zero attached hydrogens (tertiary/aromatic N) is 2. The Balaban J connectivity index is 1.85. The maximum absolute atomic E-state index is 5.82. The van der Waals surface area contributed by atoms with E-state index in [-0.39, 0.29) is 0 Å². The van der Waals surface area contributed by atoms with Gasteiger partial charge in [0.15, 0.2) is 5.96 Å². The lowest BCUT2D eigenvalue weighted by Crippen LogP contribution is -2.32. The molecule has 0 atom stereocenters. The first-order chi connectivity index (χ1) is 10.2. The van der Waals surface area contributed by atoms with Crippen LogP contribution in [0.5, 0.6) is 0 Å². The number of H-pyrrole nitrogens is 1. The number of fused-ring (bicyclic) bond motifs is 1. The maximum atomic E-state index is 5.82. The number of aryl methyl sites for hydroxylation is 1. The van der Waals surface area contributed by atoms with Gasteiger partial charge in [-0.15, -0.1) is 0 Å². The Hall–Kier alpha value is -2.08. The molecule has 0 aliphatic heterocycles. The predicted molar refractivity (Wildman–Crippen MR) is 85.3 cm³/mol. The lowest BCUT2D eigenvalue weighted by Gasteiger charge is -2.05. The molecular formula is C15H23N5O. The highest BCUT2D eigenvalue weighted by Gasteiger charge is 2.04. The Morgan fingerprint density at radius 3 is 3.10 bits per heavy atom. The van der Waals surface area contributed by atoms with Crippen molar-refractivity contribution in [1.82, 2.24) is 15.3 Å². The van der Waals surface area contributed by atoms with Crippen LogP contribution in [0, 0.1) is 6.92 Å². The first kappa shape index (κ1) is 15.3. The van der Waals surface area contributed by atoms with E-state index in [0.717, 1.165) is 48.6 Å². The molecule has 4 N–H and O–H groups in total. The zero-order chi connectivity index (χ0) is 15.1. The molecule has 1 heterocycles. The summed E-state index contributed by atoms with van der Waals surface area (Å²) in [6.07, 6.45) is 0.911. The van der Waals surface area contributed by atoms with Gasteiger partial charge in [-0.05, 0) is 31.9 Å². The van der Waals surface area contributed by atoms with Gasteiger partial charge in [-0.1, -0.05) is 12.1 Å². The molecule has 0 saturated heterocycles. The summed E-state index contributed by atoms with van der Waals surface area (Å²) in [5, 5.41) is 3.06. The summed E-state index contributed by atoms with van der Waals surface area (Å²) in [4.78, 5) is 12.1. The summed E-state index contributed by atoms with van der Waals surface area (Å²) in [5.74, 6) is 1.25. The van der Waals surface area contributed by atoms with E-state index in [1.165, 1.54) is 0 Å². The van der Waals surface area contributed by atoms with Crippen LogP contribution in [0.3, 0.4) is 0 Å². The second-order valence-electron chi connectivity index (χ2n) is 4.83. The van der Waals surface area contributed by atoms with Crippen molar-refractivity contribution in [2.75, 3.05) is 19.8 Å². The minimum absolute atomic E-state index is 0.434. The zero-order valence-corrected chi connectivity index (χ0v) is 12.6. The molecule has 0 saturated carbocycles. The number of ether oxygens (including phenoxy) is 1. The van der Waals surface area contributed by atoms with Crippen molar-refractivity contribution in [2.24, 2.45) is 10.7 Å². The number of benzene rings is 1. The maximum Gasteiger partial charge on any atom is 0.189 e. The largest absolute Gasteiger partial charge is 0.382 e. The Kier molecular flexibility index (Phi) is 5.57. The van der Waals surface area contributed by atoms with E-state index in [1.807, 2.05) is 32.0 Å². The van der Waals surface area contributed by atoms with Crippen molar-refractivity contribution in [1.29, 1.82) is 0 Å². The molecule has 1 aromatic carbocycles. The summed E-state index contributed by atoms with van der Waals surface area (Å²) >= 11 is 0. The van der Waals surface area contributed by atoms with Gasteiger partial charge in [-0.25, -0.2) is 9.98 Å². The molecule has 2 aromatic rings. The zero-order valence-electron chi connectivity index (χ0n) is 12.6. The summed E-state index contributed by atoms with van der Waals surface area (Å²) in [6.45, 7) is 6.71. The third-order valence-electron chi connectivity index (χ3n) is 3.14. The van der Waals surface area contributed by atoms with Crippen LogP contribution in [-0.4, -0.2) is 35.7 Å². The molecule has 0 aliphatic rings. The normalized spacial score (nSPS) is 12.0. The lowest BCUT2D eigenvalue weighted by molar-refractivity contribution is 0.145. The van der Waals surface area contributed by atoms with Crippen LogP contribution in [0.25, 0.3) is 11.0 Å². The number of aliphatic imine (C=N–C) groups is 1. The van der Waals surface area contributed by atoms with E-state index in [9.17, 15) is 0 Å². The van der Waals surface area contributed by atoms with Gasteiger partial charge >= 0.3 is 0 Å². The van der Waals surface area contributed by atoms with Gasteiger partial charge in [0.1, 0.15) is 12.4 Å². The van der Waals surface area contributed by atoms with Crippen LogP contribution in [0.15, 0.2) is 23.2 Å². The molecule has 2 rings (SSSR count). The fourth-order valence-electron chi connectivity index (χ4n) is 2.05. The van der Waals surface area contributed by atoms with Crippen molar-refractivity contribution in [3.63, 3.8) is 0 Å². The number of guanidine groups is 1. The van der Waals surface area contributed by atoms with E-state index < -0.39 is 0 Å². The Morgan fingerprint density at radius 1 is 1.48 bits per heavy atom. The first-order valence-corrected chi connectivity index (χ1v) is 7.26. The molecule has 114 valence electrons. The number of para-hydroxylation sites is 1. The lowest BCUT2D eigenvalue weighted by atomic mass is 10.2. The monoisotopic (exact) mass is 289 g/mol. The van der Waals surface area contributed by atoms with Crippen LogP contribution < -0.4 is 11.1 Å². The van der Waals surface area contributed by atoms with Gasteiger partial charge in [-0.2, -0.15) is 0 Å². The second-order valence-corrected chi connectivity index (χ2v) is 4.83. The van der Waals surface area contributed by atoms with Crippen LogP contribution in [0.1, 0.15) is 24.7 Å². The number of hydrogen-bond acceptors (Lipinski definition) is 3. The number of nitrogens with one attached hydrogen (secondary N) is 2. The molecule has 0 amide bonds. The van der Waals surface area contributed by atoms with Crippen molar-refractivity contribution in [3.05, 3.63) is 29.6 Å². The molecule has 0 spiro atoms. The highest BCUT2D eigenvalue weighted by molar-refractivity contribution is 5.79. The van der Waals surface area contributed by atoms with Gasteiger partial charge in [0, 0.05) is 19.8 Å². The van der Waals surface area contributed by atoms with Crippen molar-refractivity contribution < 1.29 is 4.74 Å². The van der Waals surface area contributed by atoms with Crippen LogP contribution >= 0.6 is 0 Å². The average Bonchev–Trinajstić information content (AvgIpc) is 2.89. The van der Waals surface area contributed by atoms with Gasteiger partial charge < -0.3 is 20.8 Å². The summed E-state index contributed by atoms with van der Waals surface area (Å²) in [6, 6.07) is 6.07. The number of nitrogens with two attached hydrogens (primary N) is 1. The number of rotatable bonds is 7. The molecule has 21 heavy (non-hydrogen) atoms. The number of imidazole rings is 1. The van der Waals surface area contributed by atoms with E-state index in [0.29, 0.717) is 12.5 Å². The van der Waals surface area contributed by atoms with Crippen LogP contribution in [0.2, 0.25) is 0 Å². The highest BCUT2D eigenvalue weighted by atomic mass is 16.5. The van der Waals surface area contributed by atoms with Crippen LogP contribution in [-0.2, 0) is 11.3 Å². The third kappa shape index (κ3) is 4.46. The number of hydrogen-bond donors (Lipinski definition) is 3. The van der Waals surface area contributed by atoms with Gasteiger partial charge in [0.2, 0.25) is 0 Å². The molecule has 6 nitrogen and oxygen atoms in total. The Labute approximate surface area is 124 Å². The van der Waals surface area contributed by atoms with E-state index in [4.69, 9.17) is 10.5 Å². The number of aromatic amines is 1. The topological polar surface area (TPSA) is 88.3 Å². The molecule has 0 radical (unpaired) electrons. The quantitative estimate of drug-likeness (QED) is 0.411. The minimum atomic E-state index is 0.434. The fraction of sp³-hybridized carbons (Fsp3) is 0.467. The summed E-state index contributed by atoms with van der Waals surface area (Å²) < 4.78 is 5.25. The van der Waals surface area contributed by atoms with Gasteiger partial charge in [0.05, 0.1) is 11.0 Å². The fourth-order valence-corrected chi connectivity index (χ4v) is 2.05. The van der Waals surface area contributed by atoms with Gasteiger partial charge in [0.25, 0.3) is 0 Å². The second kappa shape index (κ2) is 7.64. The molecule has 0 fully saturated rings. The molecule has 6 heteroatoms. The molecular weight excluding hydrogens is 266 g/mol. The average molecular weight is 289 g/mol. The van der Waals surface area contributed by atoms with Crippen molar-refractivity contribution in [2.45, 2.75) is 26.8 Å². The number of aromatic nitrogens is 2. The standard InChI is InChI=1S/C15H23N5O/c1-3-21-9-5-8-17-15(16)18-10-13-19-12-7-4-6-11(2)14(12)20-13/h4,6-7H,3,5,8-10H2,1-2H3,(H,19,20)(H3,16,17,18). The van der Waals surface area contributed by atoms with E-state index in [1.54, 1.807) is 0 Å². The Morgan fingerprint density at radius 2 is 2.33 bits per heavy atom. The smallest absolute Gasteiger partial charge is 0.189 e. The van der Waals surface area contributed by atoms with Gasteiger partial charge in [-0.3, -0.25) is 0 Å². The SMILES string of the molecule is CCOCCCNC(N)=NCc1nc2c(C)cccc2[nH]1. The molecule has 1 aromatic heterocycles. The van der Waals surface area contributed by atoms with Crippen molar-refractivity contribution >= 4 is 17.0 Å². The molecule has 0 unspecified atom stereocenters.